The van der Waals surface area contributed by atoms with Crippen LogP contribution in [0.5, 0.6) is 0 Å². The molecule has 1 N–H and O–H groups in total. The molecule has 0 bridgehead atoms. The molecule has 0 aliphatic heterocycles. The number of nitrogens with one attached hydrogen (secondary N) is 1. The van der Waals surface area contributed by atoms with Crippen LogP contribution in [0.2, 0.25) is 0 Å². The van der Waals surface area contributed by atoms with Crippen LogP contribution in [-0.4, -0.2) is 25.5 Å². The van der Waals surface area contributed by atoms with Crippen LogP contribution in [0.25, 0.3) is 0 Å². The highest BCUT2D eigenvalue weighted by Crippen LogP contribution is 1.95. The molecule has 0 aromatic heterocycles. The lowest BCUT2D eigenvalue weighted by molar-refractivity contribution is -0.143. The van der Waals surface area contributed by atoms with E-state index in [1.165, 1.54) is 0 Å². The second-order valence-corrected chi connectivity index (χ2v) is 2.33. The molecule has 0 saturated carbocycles. The molecule has 0 rings (SSSR count). The Balaban J connectivity index is 3.08. The lowest BCUT2D eigenvalue weighted by atomic mass is 10.2. The van der Waals surface area contributed by atoms with E-state index in [1.54, 1.807) is 6.92 Å². The summed E-state index contributed by atoms with van der Waals surface area (Å²) in [5.41, 5.74) is 0. The number of ether oxygens (including phenoxy) is 1. The van der Waals surface area contributed by atoms with E-state index in [0.717, 1.165) is 12.8 Å². The van der Waals surface area contributed by atoms with Gasteiger partial charge in [-0.1, -0.05) is 0 Å². The molecule has 0 spiro atoms. The third kappa shape index (κ3) is 7.05. The van der Waals surface area contributed by atoms with Gasteiger partial charge < -0.3 is 10.1 Å². The number of unbranched alkanes of at least 4 members (excludes halogenated alkanes) is 1. The van der Waals surface area contributed by atoms with Gasteiger partial charge >= 0.3 is 5.97 Å². The molecule has 4 heteroatoms. The highest BCUT2D eigenvalue weighted by Gasteiger charge is 1.99. The van der Waals surface area contributed by atoms with E-state index in [2.05, 4.69) is 5.32 Å². The molecule has 0 aliphatic carbocycles. The predicted octanol–water partition coefficient (Wildman–Crippen LogP) is 0.466. The summed E-state index contributed by atoms with van der Waals surface area (Å²) in [4.78, 5) is 20.6. The molecule has 70 valence electrons. The van der Waals surface area contributed by atoms with E-state index in [4.69, 9.17) is 4.74 Å². The van der Waals surface area contributed by atoms with Crippen molar-refractivity contribution in [1.82, 2.24) is 5.32 Å². The first-order valence-electron chi connectivity index (χ1n) is 4.14. The quantitative estimate of drug-likeness (QED) is 0.346. The monoisotopic (exact) mass is 173 g/mol. The number of carbonyl (C=O) groups excluding carboxylic acids is 2. The maximum absolute atomic E-state index is 10.8. The summed E-state index contributed by atoms with van der Waals surface area (Å²) < 4.78 is 4.72. The molecule has 0 aliphatic rings. The second kappa shape index (κ2) is 8.04. The van der Waals surface area contributed by atoms with Crippen LogP contribution >= 0.6 is 0 Å². The minimum atomic E-state index is -0.163. The predicted molar refractivity (Wildman–Crippen MR) is 44.6 cm³/mol. The van der Waals surface area contributed by atoms with Gasteiger partial charge in [0.15, 0.2) is 0 Å². The fraction of sp³-hybridized carbons (Fsp3) is 0.750. The number of amides is 1. The van der Waals surface area contributed by atoms with Crippen LogP contribution in [-0.2, 0) is 14.3 Å². The summed E-state index contributed by atoms with van der Waals surface area (Å²) in [5.74, 6) is -0.163. The van der Waals surface area contributed by atoms with E-state index in [9.17, 15) is 9.59 Å². The number of carbonyl (C=O) groups is 2. The van der Waals surface area contributed by atoms with Gasteiger partial charge in [0.25, 0.3) is 0 Å². The zero-order chi connectivity index (χ0) is 9.23. The molecule has 12 heavy (non-hydrogen) atoms. The van der Waals surface area contributed by atoms with Crippen LogP contribution in [0.15, 0.2) is 0 Å². The molecule has 0 atom stereocenters. The standard InChI is InChI=1S/C8H15NO3/c1-2-12-8(11)5-3-4-6-9-7-10/h7H,2-6H2,1H3,(H,9,10). The third-order valence-electron chi connectivity index (χ3n) is 1.34. The van der Waals surface area contributed by atoms with Crippen LogP contribution in [0.1, 0.15) is 26.2 Å². The molecule has 0 heterocycles. The number of rotatable bonds is 7. The van der Waals surface area contributed by atoms with Crippen LogP contribution in [0.4, 0.5) is 0 Å². The SMILES string of the molecule is CCOC(=O)CCCCNC=O. The highest BCUT2D eigenvalue weighted by atomic mass is 16.5. The Morgan fingerprint density at radius 1 is 1.50 bits per heavy atom. The smallest absolute Gasteiger partial charge is 0.305 e. The van der Waals surface area contributed by atoms with E-state index in [0.29, 0.717) is 26.0 Å². The van der Waals surface area contributed by atoms with Gasteiger partial charge in [0.2, 0.25) is 6.41 Å². The van der Waals surface area contributed by atoms with Crippen molar-refractivity contribution in [1.29, 1.82) is 0 Å². The third-order valence-corrected chi connectivity index (χ3v) is 1.34. The Morgan fingerprint density at radius 3 is 2.83 bits per heavy atom. The van der Waals surface area contributed by atoms with Gasteiger partial charge in [-0.3, -0.25) is 9.59 Å². The van der Waals surface area contributed by atoms with Crippen molar-refractivity contribution in [2.24, 2.45) is 0 Å². The van der Waals surface area contributed by atoms with Crippen LogP contribution < -0.4 is 5.32 Å². The summed E-state index contributed by atoms with van der Waals surface area (Å²) in [7, 11) is 0. The van der Waals surface area contributed by atoms with Crippen molar-refractivity contribution in [2.45, 2.75) is 26.2 Å². The molecule has 4 nitrogen and oxygen atoms in total. The lowest BCUT2D eigenvalue weighted by Crippen LogP contribution is -2.12. The van der Waals surface area contributed by atoms with E-state index < -0.39 is 0 Å². The van der Waals surface area contributed by atoms with Gasteiger partial charge in [0, 0.05) is 13.0 Å². The zero-order valence-electron chi connectivity index (χ0n) is 7.34. The minimum absolute atomic E-state index is 0.163. The van der Waals surface area contributed by atoms with Gasteiger partial charge in [-0.15, -0.1) is 0 Å². The molecule has 0 aromatic carbocycles. The average molecular weight is 173 g/mol. The maximum Gasteiger partial charge on any atom is 0.305 e. The Kier molecular flexibility index (Phi) is 7.33. The molecule has 0 unspecified atom stereocenters. The molecular formula is C8H15NO3. The molecule has 1 amide bonds. The van der Waals surface area contributed by atoms with Gasteiger partial charge in [0.05, 0.1) is 6.61 Å². The molecule has 0 radical (unpaired) electrons. The number of hydrogen-bond acceptors (Lipinski definition) is 3. The topological polar surface area (TPSA) is 55.4 Å². The largest absolute Gasteiger partial charge is 0.466 e. The second-order valence-electron chi connectivity index (χ2n) is 2.33. The first-order valence-corrected chi connectivity index (χ1v) is 4.14. The van der Waals surface area contributed by atoms with Crippen molar-refractivity contribution in [3.05, 3.63) is 0 Å². The van der Waals surface area contributed by atoms with Crippen molar-refractivity contribution >= 4 is 12.4 Å². The van der Waals surface area contributed by atoms with Gasteiger partial charge in [0.1, 0.15) is 0 Å². The Bertz CT molecular complexity index is 136. The first-order chi connectivity index (χ1) is 5.81. The first kappa shape index (κ1) is 10.9. The molecule has 0 aromatic rings. The maximum atomic E-state index is 10.8. The minimum Gasteiger partial charge on any atom is -0.466 e. The van der Waals surface area contributed by atoms with Crippen molar-refractivity contribution in [2.75, 3.05) is 13.2 Å². The van der Waals surface area contributed by atoms with E-state index in [1.807, 2.05) is 0 Å². The summed E-state index contributed by atoms with van der Waals surface area (Å²) in [6.45, 7) is 2.85. The average Bonchev–Trinajstić information content (AvgIpc) is 2.05. The van der Waals surface area contributed by atoms with Gasteiger partial charge in [-0.25, -0.2) is 0 Å². The summed E-state index contributed by atoms with van der Waals surface area (Å²) in [6.07, 6.45) is 2.68. The normalized spacial score (nSPS) is 9.08. The summed E-state index contributed by atoms with van der Waals surface area (Å²) >= 11 is 0. The Labute approximate surface area is 72.3 Å². The highest BCUT2D eigenvalue weighted by molar-refractivity contribution is 5.69. The van der Waals surface area contributed by atoms with Gasteiger partial charge in [-0.05, 0) is 19.8 Å². The van der Waals surface area contributed by atoms with Crippen molar-refractivity contribution in [3.8, 4) is 0 Å². The summed E-state index contributed by atoms with van der Waals surface area (Å²) in [6, 6.07) is 0. The number of hydrogen-bond donors (Lipinski definition) is 1. The zero-order valence-corrected chi connectivity index (χ0v) is 7.34. The fourth-order valence-electron chi connectivity index (χ4n) is 0.788. The molecule has 0 saturated heterocycles. The van der Waals surface area contributed by atoms with Crippen molar-refractivity contribution in [3.63, 3.8) is 0 Å². The van der Waals surface area contributed by atoms with E-state index in [-0.39, 0.29) is 5.97 Å². The van der Waals surface area contributed by atoms with E-state index >= 15 is 0 Å². The summed E-state index contributed by atoms with van der Waals surface area (Å²) in [5, 5.41) is 2.52. The van der Waals surface area contributed by atoms with Gasteiger partial charge in [-0.2, -0.15) is 0 Å². The number of esters is 1. The molecular weight excluding hydrogens is 158 g/mol. The fourth-order valence-corrected chi connectivity index (χ4v) is 0.788. The lowest BCUT2D eigenvalue weighted by Gasteiger charge is -2.00. The van der Waals surface area contributed by atoms with Crippen LogP contribution in [0, 0.1) is 0 Å². The Morgan fingerprint density at radius 2 is 2.25 bits per heavy atom. The van der Waals surface area contributed by atoms with Crippen molar-refractivity contribution < 1.29 is 14.3 Å². The Hall–Kier alpha value is -1.06. The van der Waals surface area contributed by atoms with Crippen LogP contribution in [0.3, 0.4) is 0 Å². The molecule has 0 fully saturated rings.